The van der Waals surface area contributed by atoms with E-state index in [0.29, 0.717) is 12.0 Å². The molecule has 0 saturated heterocycles. The Hall–Kier alpha value is -1.82. The largest absolute Gasteiger partial charge is 0.334 e. The highest BCUT2D eigenvalue weighted by Crippen LogP contribution is 2.18. The molecule has 0 radical (unpaired) electrons. The van der Waals surface area contributed by atoms with E-state index in [1.54, 1.807) is 6.92 Å². The maximum Gasteiger partial charge on any atom is 0.253 e. The van der Waals surface area contributed by atoms with Gasteiger partial charge in [-0.25, -0.2) is 0 Å². The summed E-state index contributed by atoms with van der Waals surface area (Å²) in [5, 5.41) is 11.9. The molecule has 1 amide bonds. The first-order valence-electron chi connectivity index (χ1n) is 6.14. The maximum atomic E-state index is 12.3. The van der Waals surface area contributed by atoms with E-state index < -0.39 is 5.54 Å². The van der Waals surface area contributed by atoms with Gasteiger partial charge in [0, 0.05) is 5.56 Å². The smallest absolute Gasteiger partial charge is 0.253 e. The van der Waals surface area contributed by atoms with Crippen molar-refractivity contribution in [2.45, 2.75) is 46.6 Å². The van der Waals surface area contributed by atoms with Crippen molar-refractivity contribution in [1.82, 2.24) is 5.32 Å². The average molecular weight is 244 g/mol. The monoisotopic (exact) mass is 244 g/mol. The zero-order chi connectivity index (χ0) is 13.9. The second kappa shape index (κ2) is 5.22. The first-order chi connectivity index (χ1) is 8.33. The number of aryl methyl sites for hydroxylation is 3. The summed E-state index contributed by atoms with van der Waals surface area (Å²) in [4.78, 5) is 12.3. The number of nitriles is 1. The van der Waals surface area contributed by atoms with E-state index in [-0.39, 0.29) is 5.91 Å². The predicted octanol–water partition coefficient (Wildman–Crippen LogP) is 3.03. The standard InChI is InChI=1S/C15H20N2O/c1-6-15(5,9-16)17-14(18)13-11(3)7-10(2)8-12(13)4/h7-8H,6H2,1-5H3,(H,17,18). The Bertz CT molecular complexity index is 491. The van der Waals surface area contributed by atoms with Crippen molar-refractivity contribution in [2.24, 2.45) is 0 Å². The summed E-state index contributed by atoms with van der Waals surface area (Å²) in [6.45, 7) is 9.48. The van der Waals surface area contributed by atoms with Gasteiger partial charge in [-0.15, -0.1) is 0 Å². The van der Waals surface area contributed by atoms with E-state index in [1.165, 1.54) is 0 Å². The SMILES string of the molecule is CCC(C)(C#N)NC(=O)c1c(C)cc(C)cc1C. The second-order valence-electron chi connectivity index (χ2n) is 5.03. The van der Waals surface area contributed by atoms with Crippen molar-refractivity contribution < 1.29 is 4.79 Å². The normalized spacial score (nSPS) is 13.6. The number of carbonyl (C=O) groups is 1. The van der Waals surface area contributed by atoms with Crippen LogP contribution in [-0.2, 0) is 0 Å². The van der Waals surface area contributed by atoms with Gasteiger partial charge >= 0.3 is 0 Å². The van der Waals surface area contributed by atoms with Crippen molar-refractivity contribution in [3.8, 4) is 6.07 Å². The Morgan fingerprint density at radius 3 is 2.22 bits per heavy atom. The topological polar surface area (TPSA) is 52.9 Å². The number of carbonyl (C=O) groups excluding carboxylic acids is 1. The van der Waals surface area contributed by atoms with Gasteiger partial charge in [0.25, 0.3) is 5.91 Å². The van der Waals surface area contributed by atoms with Crippen molar-refractivity contribution in [2.75, 3.05) is 0 Å². The van der Waals surface area contributed by atoms with Crippen LogP contribution in [0.15, 0.2) is 12.1 Å². The Morgan fingerprint density at radius 2 is 1.83 bits per heavy atom. The summed E-state index contributed by atoms with van der Waals surface area (Å²) < 4.78 is 0. The molecule has 0 saturated carbocycles. The number of nitrogens with zero attached hydrogens (tertiary/aromatic N) is 1. The van der Waals surface area contributed by atoms with Gasteiger partial charge < -0.3 is 5.32 Å². The lowest BCUT2D eigenvalue weighted by molar-refractivity contribution is 0.0922. The van der Waals surface area contributed by atoms with Crippen LogP contribution in [-0.4, -0.2) is 11.4 Å². The fourth-order valence-electron chi connectivity index (χ4n) is 2.05. The highest BCUT2D eigenvalue weighted by Gasteiger charge is 2.25. The van der Waals surface area contributed by atoms with Crippen LogP contribution in [0.1, 0.15) is 47.3 Å². The van der Waals surface area contributed by atoms with Crippen LogP contribution in [0.5, 0.6) is 0 Å². The Labute approximate surface area is 109 Å². The van der Waals surface area contributed by atoms with Crippen LogP contribution >= 0.6 is 0 Å². The lowest BCUT2D eigenvalue weighted by Crippen LogP contribution is -2.44. The lowest BCUT2D eigenvalue weighted by atomic mass is 9.96. The van der Waals surface area contributed by atoms with Crippen molar-refractivity contribution >= 4 is 5.91 Å². The maximum absolute atomic E-state index is 12.3. The van der Waals surface area contributed by atoms with Crippen LogP contribution in [0.25, 0.3) is 0 Å². The van der Waals surface area contributed by atoms with E-state index >= 15 is 0 Å². The van der Waals surface area contributed by atoms with Crippen molar-refractivity contribution in [1.29, 1.82) is 5.26 Å². The number of rotatable bonds is 3. The van der Waals surface area contributed by atoms with Gasteiger partial charge in [-0.2, -0.15) is 5.26 Å². The van der Waals surface area contributed by atoms with Gasteiger partial charge in [0.2, 0.25) is 0 Å². The molecule has 1 aromatic carbocycles. The number of hydrogen-bond donors (Lipinski definition) is 1. The lowest BCUT2D eigenvalue weighted by Gasteiger charge is -2.22. The minimum absolute atomic E-state index is 0.170. The fraction of sp³-hybridized carbons (Fsp3) is 0.467. The first-order valence-corrected chi connectivity index (χ1v) is 6.14. The van der Waals surface area contributed by atoms with Crippen LogP contribution in [0.2, 0.25) is 0 Å². The minimum Gasteiger partial charge on any atom is -0.334 e. The van der Waals surface area contributed by atoms with E-state index in [1.807, 2.05) is 39.8 Å². The van der Waals surface area contributed by atoms with Crippen molar-refractivity contribution in [3.05, 3.63) is 34.4 Å². The molecule has 1 unspecified atom stereocenters. The fourth-order valence-corrected chi connectivity index (χ4v) is 2.05. The Morgan fingerprint density at radius 1 is 1.33 bits per heavy atom. The summed E-state index contributed by atoms with van der Waals surface area (Å²) in [5.41, 5.74) is 2.90. The number of nitrogens with one attached hydrogen (secondary N) is 1. The summed E-state index contributed by atoms with van der Waals surface area (Å²) in [6.07, 6.45) is 0.583. The molecule has 3 heteroatoms. The third kappa shape index (κ3) is 2.89. The molecule has 3 nitrogen and oxygen atoms in total. The highest BCUT2D eigenvalue weighted by atomic mass is 16.1. The van der Waals surface area contributed by atoms with Gasteiger partial charge in [0.1, 0.15) is 5.54 Å². The molecule has 0 aliphatic carbocycles. The molecule has 96 valence electrons. The number of benzene rings is 1. The molecule has 18 heavy (non-hydrogen) atoms. The zero-order valence-electron chi connectivity index (χ0n) is 11.7. The Balaban J connectivity index is 3.10. The molecule has 1 N–H and O–H groups in total. The van der Waals surface area contributed by atoms with Crippen LogP contribution in [0.3, 0.4) is 0 Å². The minimum atomic E-state index is -0.805. The summed E-state index contributed by atoms with van der Waals surface area (Å²) in [6, 6.07) is 6.11. The summed E-state index contributed by atoms with van der Waals surface area (Å²) in [5.74, 6) is -0.170. The molecule has 0 bridgehead atoms. The molecular weight excluding hydrogens is 224 g/mol. The third-order valence-electron chi connectivity index (χ3n) is 3.25. The van der Waals surface area contributed by atoms with Crippen LogP contribution < -0.4 is 5.32 Å². The quantitative estimate of drug-likeness (QED) is 0.888. The van der Waals surface area contributed by atoms with E-state index in [4.69, 9.17) is 5.26 Å². The van der Waals surface area contributed by atoms with E-state index in [9.17, 15) is 4.79 Å². The van der Waals surface area contributed by atoms with Crippen molar-refractivity contribution in [3.63, 3.8) is 0 Å². The van der Waals surface area contributed by atoms with Crippen LogP contribution in [0.4, 0.5) is 0 Å². The molecule has 0 aromatic heterocycles. The highest BCUT2D eigenvalue weighted by molar-refractivity contribution is 5.97. The van der Waals surface area contributed by atoms with E-state index in [2.05, 4.69) is 11.4 Å². The zero-order valence-corrected chi connectivity index (χ0v) is 11.7. The molecule has 1 atom stereocenters. The van der Waals surface area contributed by atoms with Crippen LogP contribution in [0, 0.1) is 32.1 Å². The molecule has 1 rings (SSSR count). The molecule has 1 aromatic rings. The Kier molecular flexibility index (Phi) is 4.13. The average Bonchev–Trinajstić information content (AvgIpc) is 2.27. The van der Waals surface area contributed by atoms with E-state index in [0.717, 1.165) is 16.7 Å². The molecule has 0 aliphatic heterocycles. The van der Waals surface area contributed by atoms with Gasteiger partial charge in [-0.3, -0.25) is 4.79 Å². The second-order valence-corrected chi connectivity index (χ2v) is 5.03. The van der Waals surface area contributed by atoms with Gasteiger partial charge in [-0.05, 0) is 45.2 Å². The molecule has 0 heterocycles. The van der Waals surface area contributed by atoms with Gasteiger partial charge in [0.05, 0.1) is 6.07 Å². The van der Waals surface area contributed by atoms with Gasteiger partial charge in [-0.1, -0.05) is 24.6 Å². The van der Waals surface area contributed by atoms with Gasteiger partial charge in [0.15, 0.2) is 0 Å². The predicted molar refractivity (Wildman–Crippen MR) is 72.4 cm³/mol. The summed E-state index contributed by atoms with van der Waals surface area (Å²) in [7, 11) is 0. The molecule has 0 aliphatic rings. The number of hydrogen-bond acceptors (Lipinski definition) is 2. The number of amides is 1. The molecule has 0 spiro atoms. The first kappa shape index (κ1) is 14.2. The summed E-state index contributed by atoms with van der Waals surface area (Å²) >= 11 is 0. The molecule has 0 fully saturated rings. The molecular formula is C15H20N2O. The third-order valence-corrected chi connectivity index (χ3v) is 3.25.